The van der Waals surface area contributed by atoms with Crippen LogP contribution < -0.4 is 5.32 Å². The van der Waals surface area contributed by atoms with E-state index in [2.05, 4.69) is 10.3 Å². The van der Waals surface area contributed by atoms with Crippen molar-refractivity contribution in [2.24, 2.45) is 0 Å². The monoisotopic (exact) mass is 341 g/mol. The first kappa shape index (κ1) is 17.3. The lowest BCUT2D eigenvalue weighted by molar-refractivity contribution is -0.125. The van der Waals surface area contributed by atoms with E-state index in [9.17, 15) is 9.59 Å². The molecule has 0 unspecified atom stereocenters. The molecule has 1 fully saturated rings. The summed E-state index contributed by atoms with van der Waals surface area (Å²) in [5, 5.41) is 3.95. The highest BCUT2D eigenvalue weighted by Gasteiger charge is 2.36. The average molecular weight is 342 g/mol. The number of nitrogens with one attached hydrogen (secondary N) is 1. The zero-order chi connectivity index (χ0) is 16.3. The van der Waals surface area contributed by atoms with Crippen LogP contribution in [0.4, 0.5) is 0 Å². The number of thioether (sulfide) groups is 1. The molecule has 0 spiro atoms. The fourth-order valence-electron chi connectivity index (χ4n) is 2.23. The van der Waals surface area contributed by atoms with Crippen LogP contribution in [0.5, 0.6) is 0 Å². The lowest BCUT2D eigenvalue weighted by Crippen LogP contribution is -2.49. The molecule has 2 amide bonds. The van der Waals surface area contributed by atoms with Crippen LogP contribution in [0.15, 0.2) is 0 Å². The molecule has 0 aliphatic carbocycles. The molecule has 1 aromatic heterocycles. The van der Waals surface area contributed by atoms with Crippen molar-refractivity contribution in [2.75, 3.05) is 11.6 Å². The van der Waals surface area contributed by atoms with Gasteiger partial charge < -0.3 is 10.2 Å². The lowest BCUT2D eigenvalue weighted by atomic mass is 10.2. The fourth-order valence-corrected chi connectivity index (χ4v) is 4.35. The number of amides is 2. The van der Waals surface area contributed by atoms with Crippen molar-refractivity contribution in [3.05, 3.63) is 15.6 Å². The van der Waals surface area contributed by atoms with Gasteiger partial charge in [0.15, 0.2) is 0 Å². The first-order chi connectivity index (χ1) is 10.5. The van der Waals surface area contributed by atoms with E-state index in [1.807, 2.05) is 27.7 Å². The minimum Gasteiger partial charge on any atom is -0.352 e. The molecule has 1 aromatic rings. The van der Waals surface area contributed by atoms with Gasteiger partial charge in [-0.25, -0.2) is 4.98 Å². The molecular formula is C15H23N3O2S2. The summed E-state index contributed by atoms with van der Waals surface area (Å²) in [6, 6.07) is -0.245. The summed E-state index contributed by atoms with van der Waals surface area (Å²) in [7, 11) is 0. The summed E-state index contributed by atoms with van der Waals surface area (Å²) in [6.07, 6.45) is 1.71. The quantitative estimate of drug-likeness (QED) is 0.893. The number of hydrogen-bond donors (Lipinski definition) is 1. The summed E-state index contributed by atoms with van der Waals surface area (Å²) in [4.78, 5) is 31.9. The number of carbonyl (C=O) groups is 2. The van der Waals surface area contributed by atoms with E-state index in [0.717, 1.165) is 23.5 Å². The number of thiazole rings is 1. The van der Waals surface area contributed by atoms with Gasteiger partial charge >= 0.3 is 0 Å². The Morgan fingerprint density at radius 2 is 2.18 bits per heavy atom. The number of aryl methyl sites for hydroxylation is 2. The average Bonchev–Trinajstić information content (AvgIpc) is 3.12. The van der Waals surface area contributed by atoms with Gasteiger partial charge in [0, 0.05) is 11.8 Å². The molecule has 7 heteroatoms. The molecule has 1 aliphatic heterocycles. The van der Waals surface area contributed by atoms with Crippen LogP contribution in [-0.2, 0) is 11.2 Å². The van der Waals surface area contributed by atoms with E-state index in [1.54, 1.807) is 16.7 Å². The van der Waals surface area contributed by atoms with Crippen LogP contribution in [0.25, 0.3) is 0 Å². The van der Waals surface area contributed by atoms with Crippen LogP contribution in [0, 0.1) is 6.92 Å². The van der Waals surface area contributed by atoms with E-state index in [4.69, 9.17) is 0 Å². The van der Waals surface area contributed by atoms with Crippen LogP contribution in [0.3, 0.4) is 0 Å². The Morgan fingerprint density at radius 3 is 2.77 bits per heavy atom. The van der Waals surface area contributed by atoms with Crippen molar-refractivity contribution in [1.82, 2.24) is 15.2 Å². The van der Waals surface area contributed by atoms with Crippen LogP contribution in [-0.4, -0.2) is 45.4 Å². The van der Waals surface area contributed by atoms with E-state index in [1.165, 1.54) is 11.3 Å². The van der Waals surface area contributed by atoms with Gasteiger partial charge in [-0.3, -0.25) is 9.59 Å². The molecule has 0 radical (unpaired) electrons. The summed E-state index contributed by atoms with van der Waals surface area (Å²) in [5.41, 5.74) is 0.768. The molecule has 2 atom stereocenters. The zero-order valence-corrected chi connectivity index (χ0v) is 15.1. The van der Waals surface area contributed by atoms with Gasteiger partial charge in [0.25, 0.3) is 5.91 Å². The van der Waals surface area contributed by atoms with Crippen molar-refractivity contribution in [3.8, 4) is 0 Å². The van der Waals surface area contributed by atoms with Gasteiger partial charge in [0.05, 0.1) is 16.6 Å². The Morgan fingerprint density at radius 1 is 1.45 bits per heavy atom. The standard InChI is InChI=1S/C15H23N3O2S2/c1-5-9(3)16-14(19)11-7-21-8-18(11)15(20)13-10(4)17-12(6-2)22-13/h9,11H,5-8H2,1-4H3,(H,16,19)/t9-,11-/m1/s1. The third-order valence-electron chi connectivity index (χ3n) is 3.78. The Bertz CT molecular complexity index is 559. The highest BCUT2D eigenvalue weighted by Crippen LogP contribution is 2.27. The maximum Gasteiger partial charge on any atom is 0.267 e. The first-order valence-electron chi connectivity index (χ1n) is 7.63. The number of rotatable bonds is 5. The van der Waals surface area contributed by atoms with Gasteiger partial charge in [0.2, 0.25) is 5.91 Å². The molecule has 0 bridgehead atoms. The molecule has 0 saturated carbocycles. The highest BCUT2D eigenvalue weighted by molar-refractivity contribution is 7.99. The molecule has 1 aliphatic rings. The molecule has 1 saturated heterocycles. The summed E-state index contributed by atoms with van der Waals surface area (Å²) >= 11 is 3.07. The number of nitrogens with zero attached hydrogens (tertiary/aromatic N) is 2. The maximum absolute atomic E-state index is 12.8. The van der Waals surface area contributed by atoms with E-state index >= 15 is 0 Å². The van der Waals surface area contributed by atoms with Crippen LogP contribution in [0.2, 0.25) is 0 Å². The Labute approximate surface area is 139 Å². The van der Waals surface area contributed by atoms with Crippen molar-refractivity contribution >= 4 is 34.9 Å². The zero-order valence-electron chi connectivity index (χ0n) is 13.5. The molecule has 0 aromatic carbocycles. The van der Waals surface area contributed by atoms with Crippen molar-refractivity contribution in [2.45, 2.75) is 52.6 Å². The lowest BCUT2D eigenvalue weighted by Gasteiger charge is -2.24. The predicted octanol–water partition coefficient (Wildman–Crippen LogP) is 2.44. The second-order valence-electron chi connectivity index (χ2n) is 5.48. The first-order valence-corrected chi connectivity index (χ1v) is 9.60. The normalized spacial score (nSPS) is 19.3. The second kappa shape index (κ2) is 7.46. The Hall–Kier alpha value is -1.08. The fraction of sp³-hybridized carbons (Fsp3) is 0.667. The van der Waals surface area contributed by atoms with Gasteiger partial charge in [0.1, 0.15) is 10.9 Å². The van der Waals surface area contributed by atoms with E-state index in [-0.39, 0.29) is 23.9 Å². The van der Waals surface area contributed by atoms with Crippen molar-refractivity contribution in [3.63, 3.8) is 0 Å². The SMILES string of the molecule is CCc1nc(C)c(C(=O)N2CSC[C@@H]2C(=O)N[C@H](C)CC)s1. The summed E-state index contributed by atoms with van der Waals surface area (Å²) in [5.74, 6) is 1.11. The second-order valence-corrected chi connectivity index (χ2v) is 7.57. The third-order valence-corrected chi connectivity index (χ3v) is 6.09. The third kappa shape index (κ3) is 3.63. The summed E-state index contributed by atoms with van der Waals surface area (Å²) < 4.78 is 0. The minimum absolute atomic E-state index is 0.0504. The van der Waals surface area contributed by atoms with Gasteiger partial charge in [-0.15, -0.1) is 23.1 Å². The molecular weight excluding hydrogens is 318 g/mol. The number of aromatic nitrogens is 1. The maximum atomic E-state index is 12.8. The van der Waals surface area contributed by atoms with Crippen molar-refractivity contribution in [1.29, 1.82) is 0 Å². The Kier molecular flexibility index (Phi) is 5.86. The van der Waals surface area contributed by atoms with Gasteiger partial charge in [-0.05, 0) is 26.7 Å². The molecule has 2 rings (SSSR count). The summed E-state index contributed by atoms with van der Waals surface area (Å²) in [6.45, 7) is 7.90. The number of carbonyl (C=O) groups excluding carboxylic acids is 2. The molecule has 22 heavy (non-hydrogen) atoms. The van der Waals surface area contributed by atoms with Gasteiger partial charge in [-0.2, -0.15) is 0 Å². The smallest absolute Gasteiger partial charge is 0.267 e. The topological polar surface area (TPSA) is 62.3 Å². The molecule has 122 valence electrons. The van der Waals surface area contributed by atoms with E-state index < -0.39 is 0 Å². The largest absolute Gasteiger partial charge is 0.352 e. The number of hydrogen-bond acceptors (Lipinski definition) is 5. The van der Waals surface area contributed by atoms with Crippen LogP contribution >= 0.6 is 23.1 Å². The molecule has 5 nitrogen and oxygen atoms in total. The van der Waals surface area contributed by atoms with E-state index in [0.29, 0.717) is 16.5 Å². The molecule has 2 heterocycles. The van der Waals surface area contributed by atoms with Crippen molar-refractivity contribution < 1.29 is 9.59 Å². The molecule has 1 N–H and O–H groups in total. The van der Waals surface area contributed by atoms with Crippen LogP contribution in [0.1, 0.15) is 47.6 Å². The van der Waals surface area contributed by atoms with Gasteiger partial charge in [-0.1, -0.05) is 13.8 Å². The predicted molar refractivity (Wildman–Crippen MR) is 91.4 cm³/mol. The Balaban J connectivity index is 2.14. The highest BCUT2D eigenvalue weighted by atomic mass is 32.2. The minimum atomic E-state index is -0.377.